The highest BCUT2D eigenvalue weighted by Gasteiger charge is 2.44. The van der Waals surface area contributed by atoms with E-state index in [9.17, 15) is 18.3 Å². The maximum Gasteiger partial charge on any atom is 0.333 e. The predicted molar refractivity (Wildman–Crippen MR) is 122 cm³/mol. The molecular weight excluding hydrogens is 430 g/mol. The SMILES string of the molecule is Cc1ccc(S(=O)(=O)N2[C@@H](c3cccc(C)c3)C(C(=O)O)=CC[C@H]2c2cccs2)cc1. The largest absolute Gasteiger partial charge is 0.478 e. The van der Waals surface area contributed by atoms with Gasteiger partial charge < -0.3 is 5.11 Å². The van der Waals surface area contributed by atoms with E-state index in [1.165, 1.54) is 15.6 Å². The molecule has 0 bridgehead atoms. The van der Waals surface area contributed by atoms with Crippen LogP contribution in [0.4, 0.5) is 0 Å². The second-order valence-electron chi connectivity index (χ2n) is 7.70. The number of thiophene rings is 1. The highest BCUT2D eigenvalue weighted by atomic mass is 32.2. The molecule has 31 heavy (non-hydrogen) atoms. The van der Waals surface area contributed by atoms with Crippen LogP contribution in [0, 0.1) is 13.8 Å². The second kappa shape index (κ2) is 8.42. The number of carboxylic acids is 1. The summed E-state index contributed by atoms with van der Waals surface area (Å²) in [6.45, 7) is 3.80. The first-order valence-electron chi connectivity index (χ1n) is 9.92. The van der Waals surface area contributed by atoms with Crippen LogP contribution >= 0.6 is 11.3 Å². The van der Waals surface area contributed by atoms with Gasteiger partial charge >= 0.3 is 5.97 Å². The molecule has 0 saturated heterocycles. The zero-order valence-electron chi connectivity index (χ0n) is 17.2. The number of sulfonamides is 1. The van der Waals surface area contributed by atoms with Gasteiger partial charge in [-0.05, 0) is 49.4 Å². The molecule has 4 rings (SSSR count). The smallest absolute Gasteiger partial charge is 0.333 e. The van der Waals surface area contributed by atoms with Gasteiger partial charge in [0.05, 0.1) is 22.6 Å². The number of carboxylic acid groups (broad SMARTS) is 1. The van der Waals surface area contributed by atoms with Crippen LogP contribution in [0.3, 0.4) is 0 Å². The van der Waals surface area contributed by atoms with E-state index in [1.54, 1.807) is 36.4 Å². The number of hydrogen-bond acceptors (Lipinski definition) is 4. The molecule has 160 valence electrons. The molecule has 0 amide bonds. The topological polar surface area (TPSA) is 74.7 Å². The molecule has 2 atom stereocenters. The first-order valence-corrected chi connectivity index (χ1v) is 12.2. The zero-order valence-corrected chi connectivity index (χ0v) is 18.9. The lowest BCUT2D eigenvalue weighted by Gasteiger charge is -2.40. The van der Waals surface area contributed by atoms with Crippen LogP contribution < -0.4 is 0 Å². The van der Waals surface area contributed by atoms with E-state index in [0.29, 0.717) is 12.0 Å². The van der Waals surface area contributed by atoms with E-state index >= 15 is 0 Å². The molecule has 1 aromatic heterocycles. The van der Waals surface area contributed by atoms with Crippen LogP contribution in [0.1, 0.15) is 40.1 Å². The molecule has 5 nitrogen and oxygen atoms in total. The summed E-state index contributed by atoms with van der Waals surface area (Å²) in [5.74, 6) is -1.11. The van der Waals surface area contributed by atoms with Crippen LogP contribution in [0.5, 0.6) is 0 Å². The normalized spacial score (nSPS) is 19.7. The van der Waals surface area contributed by atoms with Crippen molar-refractivity contribution in [2.75, 3.05) is 0 Å². The van der Waals surface area contributed by atoms with Gasteiger partial charge in [0.2, 0.25) is 10.0 Å². The Morgan fingerprint density at radius 3 is 2.39 bits per heavy atom. The number of aryl methyl sites for hydroxylation is 2. The maximum absolute atomic E-state index is 14.0. The third-order valence-corrected chi connectivity index (χ3v) is 8.35. The molecule has 3 aromatic rings. The Labute approximate surface area is 186 Å². The fourth-order valence-electron chi connectivity index (χ4n) is 4.00. The van der Waals surface area contributed by atoms with E-state index < -0.39 is 28.1 Å². The minimum atomic E-state index is -3.99. The molecule has 0 spiro atoms. The van der Waals surface area contributed by atoms with Crippen molar-refractivity contribution in [3.63, 3.8) is 0 Å². The lowest BCUT2D eigenvalue weighted by molar-refractivity contribution is -0.133. The van der Waals surface area contributed by atoms with Crippen LogP contribution in [-0.2, 0) is 14.8 Å². The second-order valence-corrected chi connectivity index (χ2v) is 10.5. The summed E-state index contributed by atoms with van der Waals surface area (Å²) >= 11 is 1.47. The number of carbonyl (C=O) groups is 1. The minimum absolute atomic E-state index is 0.0779. The van der Waals surface area contributed by atoms with E-state index in [2.05, 4.69) is 0 Å². The lowest BCUT2D eigenvalue weighted by atomic mass is 9.91. The Balaban J connectivity index is 1.96. The lowest BCUT2D eigenvalue weighted by Crippen LogP contribution is -2.42. The Kier molecular flexibility index (Phi) is 5.83. The van der Waals surface area contributed by atoms with Crippen LogP contribution in [0.2, 0.25) is 0 Å². The summed E-state index contributed by atoms with van der Waals surface area (Å²) in [6.07, 6.45) is 1.97. The van der Waals surface area contributed by atoms with Crippen molar-refractivity contribution in [2.45, 2.75) is 37.2 Å². The van der Waals surface area contributed by atoms with Gasteiger partial charge in [-0.25, -0.2) is 13.2 Å². The summed E-state index contributed by atoms with van der Waals surface area (Å²) in [7, 11) is -3.99. The summed E-state index contributed by atoms with van der Waals surface area (Å²) in [4.78, 5) is 13.2. The number of benzene rings is 2. The van der Waals surface area contributed by atoms with Gasteiger partial charge in [0.25, 0.3) is 0 Å². The number of hydrogen-bond donors (Lipinski definition) is 1. The Hall–Kier alpha value is -2.74. The van der Waals surface area contributed by atoms with E-state index in [4.69, 9.17) is 0 Å². The summed E-state index contributed by atoms with van der Waals surface area (Å²) in [5.41, 5.74) is 2.61. The van der Waals surface area contributed by atoms with Gasteiger partial charge in [0, 0.05) is 4.88 Å². The molecule has 1 aliphatic rings. The summed E-state index contributed by atoms with van der Waals surface area (Å²) < 4.78 is 29.3. The third kappa shape index (κ3) is 4.08. The Morgan fingerprint density at radius 1 is 1.03 bits per heavy atom. The van der Waals surface area contributed by atoms with Gasteiger partial charge in [0.1, 0.15) is 0 Å². The number of aliphatic carboxylic acids is 1. The Morgan fingerprint density at radius 2 is 1.77 bits per heavy atom. The highest BCUT2D eigenvalue weighted by molar-refractivity contribution is 7.89. The van der Waals surface area contributed by atoms with E-state index in [1.807, 2.05) is 49.6 Å². The third-order valence-electron chi connectivity index (χ3n) is 5.49. The van der Waals surface area contributed by atoms with Crippen molar-refractivity contribution in [1.29, 1.82) is 0 Å². The molecule has 1 N–H and O–H groups in total. The van der Waals surface area contributed by atoms with Crippen LogP contribution in [0.25, 0.3) is 0 Å². The molecule has 0 radical (unpaired) electrons. The van der Waals surface area contributed by atoms with Crippen molar-refractivity contribution < 1.29 is 18.3 Å². The van der Waals surface area contributed by atoms with Gasteiger partial charge in [-0.15, -0.1) is 11.3 Å². The quantitative estimate of drug-likeness (QED) is 0.572. The molecule has 0 aliphatic carbocycles. The fraction of sp³-hybridized carbons (Fsp3) is 0.208. The van der Waals surface area contributed by atoms with E-state index in [0.717, 1.165) is 16.0 Å². The summed E-state index contributed by atoms with van der Waals surface area (Å²) in [6, 6.07) is 16.4. The van der Waals surface area contributed by atoms with E-state index in [-0.39, 0.29) is 10.5 Å². The summed E-state index contributed by atoms with van der Waals surface area (Å²) in [5, 5.41) is 11.9. The van der Waals surface area contributed by atoms with Crippen molar-refractivity contribution in [2.24, 2.45) is 0 Å². The minimum Gasteiger partial charge on any atom is -0.478 e. The number of nitrogens with zero attached hydrogens (tertiary/aromatic N) is 1. The van der Waals surface area contributed by atoms with Crippen LogP contribution in [0.15, 0.2) is 82.6 Å². The van der Waals surface area contributed by atoms with Crippen molar-refractivity contribution in [1.82, 2.24) is 4.31 Å². The molecule has 0 unspecified atom stereocenters. The molecular formula is C24H23NO4S2. The molecule has 1 aliphatic heterocycles. The fourth-order valence-corrected chi connectivity index (χ4v) is 6.68. The molecule has 2 heterocycles. The predicted octanol–water partition coefficient (Wildman–Crippen LogP) is 5.25. The van der Waals surface area contributed by atoms with Crippen molar-refractivity contribution >= 4 is 27.3 Å². The monoisotopic (exact) mass is 453 g/mol. The first-order chi connectivity index (χ1) is 14.8. The van der Waals surface area contributed by atoms with Gasteiger partial charge in [-0.2, -0.15) is 4.31 Å². The average molecular weight is 454 g/mol. The van der Waals surface area contributed by atoms with Gasteiger partial charge in [-0.1, -0.05) is 59.7 Å². The zero-order chi connectivity index (χ0) is 22.2. The molecule has 7 heteroatoms. The standard InChI is InChI=1S/C24H23NO4S2/c1-16-8-10-19(11-9-16)31(28,29)25-21(22-7-4-14-30-22)13-12-20(24(26)27)23(25)18-6-3-5-17(2)15-18/h3-12,14-15,21,23H,13H2,1-2H3,(H,26,27)/t21-,23-/m0/s1. The molecule has 0 fully saturated rings. The van der Waals surface area contributed by atoms with Crippen LogP contribution in [-0.4, -0.2) is 23.8 Å². The first kappa shape index (κ1) is 21.5. The highest BCUT2D eigenvalue weighted by Crippen LogP contribution is 2.46. The molecule has 0 saturated carbocycles. The average Bonchev–Trinajstić information content (AvgIpc) is 3.27. The van der Waals surface area contributed by atoms with Gasteiger partial charge in [-0.3, -0.25) is 0 Å². The van der Waals surface area contributed by atoms with Crippen molar-refractivity contribution in [3.8, 4) is 0 Å². The Bertz CT molecular complexity index is 1230. The van der Waals surface area contributed by atoms with Gasteiger partial charge in [0.15, 0.2) is 0 Å². The number of rotatable bonds is 5. The van der Waals surface area contributed by atoms with Crippen molar-refractivity contribution in [3.05, 3.63) is 99.3 Å². The molecule has 2 aromatic carbocycles. The maximum atomic E-state index is 14.0.